The summed E-state index contributed by atoms with van der Waals surface area (Å²) < 4.78 is 16.9. The van der Waals surface area contributed by atoms with Gasteiger partial charge in [-0.05, 0) is 118 Å². The summed E-state index contributed by atoms with van der Waals surface area (Å²) in [6, 6.07) is 75.3. The molecule has 5 heterocycles. The largest absolute Gasteiger partial charge is 0.456 e. The zero-order chi connectivity index (χ0) is 47.7. The normalized spacial score (nSPS) is 11.2. The molecule has 0 fully saturated rings. The Morgan fingerprint density at radius 3 is 1.41 bits per heavy atom. The van der Waals surface area contributed by atoms with Crippen LogP contribution in [0.25, 0.3) is 103 Å². The van der Waals surface area contributed by atoms with Crippen LogP contribution in [0.3, 0.4) is 0 Å². The maximum absolute atomic E-state index is 5.73. The topological polar surface area (TPSA) is 13.1 Å². The fourth-order valence-corrected chi connectivity index (χ4v) is 14.0. The van der Waals surface area contributed by atoms with E-state index in [4.69, 9.17) is 4.42 Å². The van der Waals surface area contributed by atoms with Crippen molar-refractivity contribution in [1.82, 2.24) is 0 Å². The van der Waals surface area contributed by atoms with Crippen molar-refractivity contribution in [1.29, 1.82) is 0 Å². The molecule has 0 amide bonds. The highest BCUT2D eigenvalue weighted by molar-refractivity contribution is 7.27. The Morgan fingerprint density at radius 2 is 0.686 bits per heavy atom. The number of benzene rings is 10. The molecular formula is C65H50OS4. The van der Waals surface area contributed by atoms with E-state index in [1.165, 1.54) is 119 Å². The van der Waals surface area contributed by atoms with E-state index in [9.17, 15) is 0 Å². The molecule has 0 aliphatic heterocycles. The van der Waals surface area contributed by atoms with E-state index in [1.807, 2.05) is 63.5 Å². The molecule has 0 bridgehead atoms. The number of aryl methyl sites for hydroxylation is 5. The monoisotopic (exact) mass is 974 g/mol. The van der Waals surface area contributed by atoms with E-state index >= 15 is 0 Å². The molecule has 0 spiro atoms. The van der Waals surface area contributed by atoms with Gasteiger partial charge in [0, 0.05) is 91.5 Å². The number of furan rings is 1. The number of para-hydroxylation sites is 1. The van der Waals surface area contributed by atoms with Gasteiger partial charge < -0.3 is 4.42 Å². The summed E-state index contributed by atoms with van der Waals surface area (Å²) in [6.45, 7) is 10.7. The van der Waals surface area contributed by atoms with Crippen LogP contribution >= 0.6 is 45.3 Å². The predicted octanol–water partition coefficient (Wildman–Crippen LogP) is 21.3. The summed E-state index contributed by atoms with van der Waals surface area (Å²) in [7, 11) is 0. The van der Waals surface area contributed by atoms with Gasteiger partial charge in [-0.15, -0.1) is 45.3 Å². The molecule has 0 aliphatic carbocycles. The van der Waals surface area contributed by atoms with Crippen molar-refractivity contribution in [2.75, 3.05) is 0 Å². The third kappa shape index (κ3) is 9.10. The van der Waals surface area contributed by atoms with Crippen molar-refractivity contribution in [3.05, 3.63) is 240 Å². The Labute approximate surface area is 424 Å². The van der Waals surface area contributed by atoms with Crippen LogP contribution in [0.15, 0.2) is 217 Å². The molecule has 10 aromatic carbocycles. The summed E-state index contributed by atoms with van der Waals surface area (Å²) in [4.78, 5) is 0. The van der Waals surface area contributed by atoms with E-state index in [2.05, 4.69) is 229 Å². The van der Waals surface area contributed by atoms with Gasteiger partial charge in [0.2, 0.25) is 0 Å². The summed E-state index contributed by atoms with van der Waals surface area (Å²) >= 11 is 7.51. The Balaban J connectivity index is 0.0000000952. The third-order valence-corrected chi connectivity index (χ3v) is 17.6. The molecule has 0 N–H and O–H groups in total. The first-order valence-electron chi connectivity index (χ1n) is 23.6. The minimum absolute atomic E-state index is 0.966. The highest BCUT2D eigenvalue weighted by atomic mass is 32.1. The standard InChI is InChI=1S/C13H10O.4C13H10S/c1-9-6-7-11-10-4-2-3-5-12(10)14-13(11)8-9;1-9-5-4-7-11-10-6-2-3-8-12(10)14-13(9)11;1-9-5-4-8-12-13(9)10-6-2-3-7-11(10)14-12;1-9-6-7-13-11(8-9)10-4-2-3-5-12(10)14-13;1-9-6-7-11-10-4-2-3-5-12(10)14-13(11)8-9/h5*2-8H,1H3. The summed E-state index contributed by atoms with van der Waals surface area (Å²) in [5, 5.41) is 13.5. The SMILES string of the molecule is Cc1ccc2c(c1)oc1ccccc12.Cc1ccc2c(c1)sc1ccccc12.Cc1ccc2sc3ccccc3c2c1.Cc1cccc2c1sc1ccccc12.Cc1cccc2sc3ccccc3c12. The van der Waals surface area contributed by atoms with Gasteiger partial charge in [-0.25, -0.2) is 0 Å². The van der Waals surface area contributed by atoms with Crippen molar-refractivity contribution in [3.8, 4) is 0 Å². The van der Waals surface area contributed by atoms with Gasteiger partial charge in [-0.1, -0.05) is 157 Å². The first-order valence-corrected chi connectivity index (χ1v) is 26.9. The van der Waals surface area contributed by atoms with Crippen molar-refractivity contribution in [2.24, 2.45) is 0 Å². The number of rotatable bonds is 0. The maximum Gasteiger partial charge on any atom is 0.135 e. The Kier molecular flexibility index (Phi) is 12.8. The van der Waals surface area contributed by atoms with Gasteiger partial charge in [-0.3, -0.25) is 0 Å². The Bertz CT molecular complexity index is 4180. The predicted molar refractivity (Wildman–Crippen MR) is 315 cm³/mol. The Hall–Kier alpha value is -7.12. The van der Waals surface area contributed by atoms with Crippen molar-refractivity contribution in [3.63, 3.8) is 0 Å². The first-order chi connectivity index (χ1) is 34.3. The van der Waals surface area contributed by atoms with Crippen LogP contribution in [0, 0.1) is 34.6 Å². The van der Waals surface area contributed by atoms with Crippen molar-refractivity contribution < 1.29 is 4.42 Å². The van der Waals surface area contributed by atoms with Crippen LogP contribution in [-0.4, -0.2) is 0 Å². The van der Waals surface area contributed by atoms with E-state index in [-0.39, 0.29) is 0 Å². The minimum Gasteiger partial charge on any atom is -0.456 e. The molecule has 5 heteroatoms. The van der Waals surface area contributed by atoms with Crippen LogP contribution in [0.5, 0.6) is 0 Å². The highest BCUT2D eigenvalue weighted by Gasteiger charge is 2.08. The lowest BCUT2D eigenvalue weighted by Gasteiger charge is -1.95. The molecule has 15 aromatic rings. The summed E-state index contributed by atoms with van der Waals surface area (Å²) in [5.41, 5.74) is 8.60. The molecule has 1 nitrogen and oxygen atoms in total. The lowest BCUT2D eigenvalue weighted by molar-refractivity contribution is 0.668. The van der Waals surface area contributed by atoms with Gasteiger partial charge in [0.15, 0.2) is 0 Å². The van der Waals surface area contributed by atoms with Crippen molar-refractivity contribution >= 4 is 148 Å². The molecule has 340 valence electrons. The fourth-order valence-electron chi connectivity index (χ4n) is 9.35. The molecule has 0 saturated carbocycles. The second-order valence-corrected chi connectivity index (χ2v) is 22.2. The average molecular weight is 975 g/mol. The van der Waals surface area contributed by atoms with Gasteiger partial charge in [0.25, 0.3) is 0 Å². The third-order valence-electron chi connectivity index (χ3n) is 12.8. The lowest BCUT2D eigenvalue weighted by atomic mass is 10.1. The molecule has 0 aliphatic rings. The second kappa shape index (κ2) is 19.7. The lowest BCUT2D eigenvalue weighted by Crippen LogP contribution is -1.72. The second-order valence-electron chi connectivity index (χ2n) is 17.9. The van der Waals surface area contributed by atoms with Gasteiger partial charge in [0.1, 0.15) is 11.2 Å². The molecule has 5 aromatic heterocycles. The smallest absolute Gasteiger partial charge is 0.135 e. The zero-order valence-corrected chi connectivity index (χ0v) is 43.0. The molecule has 70 heavy (non-hydrogen) atoms. The van der Waals surface area contributed by atoms with E-state index < -0.39 is 0 Å². The van der Waals surface area contributed by atoms with Gasteiger partial charge in [-0.2, -0.15) is 0 Å². The van der Waals surface area contributed by atoms with E-state index in [1.54, 1.807) is 0 Å². The molecule has 0 radical (unpaired) electrons. The van der Waals surface area contributed by atoms with E-state index in [0.717, 1.165) is 11.2 Å². The van der Waals surface area contributed by atoms with Crippen LogP contribution in [0.4, 0.5) is 0 Å². The molecule has 0 atom stereocenters. The quantitative estimate of drug-likeness (QED) is 0.148. The number of hydrogen-bond donors (Lipinski definition) is 0. The molecule has 15 rings (SSSR count). The van der Waals surface area contributed by atoms with Crippen LogP contribution < -0.4 is 0 Å². The van der Waals surface area contributed by atoms with E-state index in [0.29, 0.717) is 0 Å². The maximum atomic E-state index is 5.73. The number of thiophene rings is 4. The summed E-state index contributed by atoms with van der Waals surface area (Å²) in [5.74, 6) is 0. The van der Waals surface area contributed by atoms with Crippen LogP contribution in [0.2, 0.25) is 0 Å². The molecule has 0 saturated heterocycles. The molecular weight excluding hydrogens is 925 g/mol. The number of hydrogen-bond acceptors (Lipinski definition) is 5. The summed E-state index contributed by atoms with van der Waals surface area (Å²) in [6.07, 6.45) is 0. The highest BCUT2D eigenvalue weighted by Crippen LogP contribution is 2.38. The molecule has 0 unspecified atom stereocenters. The van der Waals surface area contributed by atoms with Gasteiger partial charge in [0.05, 0.1) is 0 Å². The fraction of sp³-hybridized carbons (Fsp3) is 0.0769. The average Bonchev–Trinajstić information content (AvgIpc) is 4.21. The van der Waals surface area contributed by atoms with Gasteiger partial charge >= 0.3 is 0 Å². The van der Waals surface area contributed by atoms with Crippen LogP contribution in [-0.2, 0) is 0 Å². The van der Waals surface area contributed by atoms with Crippen molar-refractivity contribution in [2.45, 2.75) is 34.6 Å². The number of fused-ring (bicyclic) bond motifs is 15. The Morgan fingerprint density at radius 1 is 0.257 bits per heavy atom. The zero-order valence-electron chi connectivity index (χ0n) is 39.7. The first kappa shape index (κ1) is 45.3. The minimum atomic E-state index is 0.966. The van der Waals surface area contributed by atoms with Crippen LogP contribution in [0.1, 0.15) is 27.8 Å².